The van der Waals surface area contributed by atoms with E-state index in [0.717, 1.165) is 4.68 Å². The van der Waals surface area contributed by atoms with Crippen molar-refractivity contribution in [1.29, 1.82) is 0 Å². The van der Waals surface area contributed by atoms with E-state index in [1.807, 2.05) is 6.92 Å². The van der Waals surface area contributed by atoms with Crippen LogP contribution in [0.15, 0.2) is 23.0 Å². The Morgan fingerprint density at radius 2 is 1.92 bits per heavy atom. The molecule has 0 bridgehead atoms. The molecule has 0 amide bonds. The number of rotatable bonds is 6. The molecule has 0 aliphatic carbocycles. The van der Waals surface area contributed by atoms with Crippen molar-refractivity contribution >= 4 is 14.0 Å². The van der Waals surface area contributed by atoms with Crippen LogP contribution in [0.1, 0.15) is 27.7 Å². The molecule has 0 spiro atoms. The fraction of sp³-hybridized carbons (Fsp3) is 0.588. The lowest BCUT2D eigenvalue weighted by atomic mass is 10.2. The average Bonchev–Trinajstić information content (AvgIpc) is 2.86. The molecule has 0 saturated heterocycles. The van der Waals surface area contributed by atoms with E-state index < -0.39 is 8.32 Å². The van der Waals surface area contributed by atoms with Crippen LogP contribution in [0.2, 0.25) is 18.1 Å². The molecule has 0 aliphatic rings. The van der Waals surface area contributed by atoms with Gasteiger partial charge in [0.05, 0.1) is 6.61 Å². The molecule has 1 aromatic heterocycles. The highest BCUT2D eigenvalue weighted by Gasteiger charge is 2.37. The van der Waals surface area contributed by atoms with Gasteiger partial charge in [0, 0.05) is 12.7 Å². The minimum atomic E-state index is -1.86. The van der Waals surface area contributed by atoms with Crippen LogP contribution in [0.4, 0.5) is 5.69 Å². The van der Waals surface area contributed by atoms with E-state index in [-0.39, 0.29) is 16.8 Å². The van der Waals surface area contributed by atoms with Crippen LogP contribution < -0.4 is 16.2 Å². The number of anilines is 1. The molecule has 1 aromatic carbocycles. The first-order chi connectivity index (χ1) is 11.9. The summed E-state index contributed by atoms with van der Waals surface area (Å²) in [4.78, 5) is 12.2. The van der Waals surface area contributed by atoms with Crippen LogP contribution in [-0.4, -0.2) is 40.8 Å². The van der Waals surface area contributed by atoms with Crippen LogP contribution in [0.3, 0.4) is 0 Å². The summed E-state index contributed by atoms with van der Waals surface area (Å²) in [7, 11) is -0.322. The van der Waals surface area contributed by atoms with Crippen LogP contribution in [0, 0.1) is 0 Å². The average molecular weight is 380 g/mol. The molecule has 1 heterocycles. The number of nitrogens with zero attached hydrogens (tertiary/aromatic N) is 4. The normalized spacial score (nSPS) is 13.7. The first-order valence-electron chi connectivity index (χ1n) is 8.62. The van der Waals surface area contributed by atoms with Gasteiger partial charge in [0.15, 0.2) is 8.32 Å². The topological polar surface area (TPSA) is 97.2 Å². The predicted molar refractivity (Wildman–Crippen MR) is 104 cm³/mol. The van der Waals surface area contributed by atoms with E-state index >= 15 is 0 Å². The molecule has 0 saturated carbocycles. The number of aromatic nitrogens is 4. The summed E-state index contributed by atoms with van der Waals surface area (Å²) in [6, 6.07) is 5.10. The molecule has 0 radical (unpaired) electrons. The second kappa shape index (κ2) is 7.24. The van der Waals surface area contributed by atoms with Crippen LogP contribution in [0.25, 0.3) is 5.69 Å². The maximum absolute atomic E-state index is 12.2. The summed E-state index contributed by atoms with van der Waals surface area (Å²) in [5.41, 5.74) is 6.47. The Morgan fingerprint density at radius 1 is 1.27 bits per heavy atom. The van der Waals surface area contributed by atoms with Gasteiger partial charge in [0.2, 0.25) is 0 Å². The van der Waals surface area contributed by atoms with Crippen molar-refractivity contribution in [3.8, 4) is 11.4 Å². The van der Waals surface area contributed by atoms with Gasteiger partial charge in [-0.15, -0.1) is 0 Å². The molecule has 2 rings (SSSR count). The van der Waals surface area contributed by atoms with E-state index in [1.165, 1.54) is 11.7 Å². The van der Waals surface area contributed by atoms with Crippen LogP contribution >= 0.6 is 0 Å². The second-order valence-electron chi connectivity index (χ2n) is 8.02. The van der Waals surface area contributed by atoms with E-state index in [9.17, 15) is 4.79 Å². The summed E-state index contributed by atoms with van der Waals surface area (Å²) in [5.74, 6) is 0.508. The van der Waals surface area contributed by atoms with Crippen molar-refractivity contribution in [2.45, 2.75) is 51.9 Å². The fourth-order valence-electron chi connectivity index (χ4n) is 2.06. The van der Waals surface area contributed by atoms with E-state index in [4.69, 9.17) is 14.9 Å². The quantitative estimate of drug-likeness (QED) is 0.611. The Balaban J connectivity index is 2.20. The van der Waals surface area contributed by atoms with Gasteiger partial charge < -0.3 is 14.9 Å². The smallest absolute Gasteiger partial charge is 0.368 e. The molecule has 8 nitrogen and oxygen atoms in total. The molecule has 9 heteroatoms. The zero-order valence-electron chi connectivity index (χ0n) is 16.6. The molecular formula is C17H29N5O3Si. The Morgan fingerprint density at radius 3 is 2.46 bits per heavy atom. The molecule has 0 unspecified atom stereocenters. The second-order valence-corrected chi connectivity index (χ2v) is 12.8. The highest BCUT2D eigenvalue weighted by atomic mass is 28.4. The summed E-state index contributed by atoms with van der Waals surface area (Å²) >= 11 is 0. The molecule has 0 aliphatic heterocycles. The van der Waals surface area contributed by atoms with Gasteiger partial charge in [0.25, 0.3) is 0 Å². The van der Waals surface area contributed by atoms with E-state index in [1.54, 1.807) is 18.2 Å². The highest BCUT2D eigenvalue weighted by molar-refractivity contribution is 6.74. The lowest BCUT2D eigenvalue weighted by Gasteiger charge is -2.37. The monoisotopic (exact) mass is 379 g/mol. The number of hydrogen-bond donors (Lipinski definition) is 1. The maximum Gasteiger partial charge on any atom is 0.368 e. The number of ether oxygens (including phenoxy) is 1. The number of aryl methyl sites for hydroxylation is 1. The van der Waals surface area contributed by atoms with Crippen molar-refractivity contribution in [2.75, 3.05) is 12.3 Å². The van der Waals surface area contributed by atoms with E-state index in [2.05, 4.69) is 44.3 Å². The van der Waals surface area contributed by atoms with Crippen molar-refractivity contribution in [1.82, 2.24) is 19.8 Å². The first-order valence-corrected chi connectivity index (χ1v) is 11.5. The van der Waals surface area contributed by atoms with Gasteiger partial charge >= 0.3 is 5.69 Å². The molecule has 2 aromatic rings. The zero-order valence-corrected chi connectivity index (χ0v) is 17.6. The van der Waals surface area contributed by atoms with E-state index in [0.29, 0.717) is 23.7 Å². The summed E-state index contributed by atoms with van der Waals surface area (Å²) in [6.45, 7) is 13.4. The Bertz CT molecular complexity index is 823. The summed E-state index contributed by atoms with van der Waals surface area (Å²) in [6.07, 6.45) is -0.195. The molecule has 26 heavy (non-hydrogen) atoms. The molecule has 1 atom stereocenters. The third-order valence-corrected chi connectivity index (χ3v) is 9.25. The van der Waals surface area contributed by atoms with Crippen LogP contribution in [-0.2, 0) is 11.5 Å². The lowest BCUT2D eigenvalue weighted by Crippen LogP contribution is -2.43. The number of tetrazole rings is 1. The number of benzene rings is 1. The summed E-state index contributed by atoms with van der Waals surface area (Å²) in [5, 5.41) is 7.74. The third kappa shape index (κ3) is 4.33. The first kappa shape index (κ1) is 20.2. The minimum absolute atomic E-state index is 0.131. The minimum Gasteiger partial charge on any atom is -0.486 e. The fourth-order valence-corrected chi connectivity index (χ4v) is 3.14. The molecular weight excluding hydrogens is 350 g/mol. The number of hydrogen-bond acceptors (Lipinski definition) is 6. The van der Waals surface area contributed by atoms with Gasteiger partial charge in [-0.05, 0) is 53.7 Å². The van der Waals surface area contributed by atoms with Gasteiger partial charge in [-0.25, -0.2) is 4.79 Å². The van der Waals surface area contributed by atoms with Crippen LogP contribution in [0.5, 0.6) is 5.75 Å². The van der Waals surface area contributed by atoms with Gasteiger partial charge in [-0.3, -0.25) is 0 Å². The largest absolute Gasteiger partial charge is 0.486 e. The van der Waals surface area contributed by atoms with Gasteiger partial charge in [-0.1, -0.05) is 20.8 Å². The number of nitrogens with two attached hydrogens (primary N) is 1. The Kier molecular flexibility index (Phi) is 5.62. The highest BCUT2D eigenvalue weighted by Crippen LogP contribution is 2.36. The van der Waals surface area contributed by atoms with Crippen molar-refractivity contribution in [3.05, 3.63) is 28.7 Å². The molecule has 144 valence electrons. The van der Waals surface area contributed by atoms with Crippen molar-refractivity contribution < 1.29 is 9.16 Å². The Labute approximate surface area is 155 Å². The van der Waals surface area contributed by atoms with Crippen molar-refractivity contribution in [2.24, 2.45) is 7.05 Å². The lowest BCUT2D eigenvalue weighted by molar-refractivity contribution is 0.133. The summed E-state index contributed by atoms with van der Waals surface area (Å²) < 4.78 is 14.6. The third-order valence-electron chi connectivity index (χ3n) is 4.75. The zero-order chi connectivity index (χ0) is 19.7. The maximum atomic E-state index is 12.2. The molecule has 0 fully saturated rings. The number of nitrogen functional groups attached to an aromatic ring is 1. The standard InChI is InChI=1S/C17H29N5O3Si/c1-12(11-24-26(6,7)17(2,3)4)25-15-9-8-13(18)10-14(15)22-16(23)21(5)19-20-22/h8-10,12H,11,18H2,1-7H3/t12-/m0/s1. The predicted octanol–water partition coefficient (Wildman–Crippen LogP) is 2.34. The SMILES string of the molecule is C[C@@H](CO[Si](C)(C)C(C)(C)C)Oc1ccc(N)cc1-n1nnn(C)c1=O. The van der Waals surface area contributed by atoms with Gasteiger partial charge in [-0.2, -0.15) is 9.36 Å². The van der Waals surface area contributed by atoms with Crippen molar-refractivity contribution in [3.63, 3.8) is 0 Å². The van der Waals surface area contributed by atoms with Gasteiger partial charge in [0.1, 0.15) is 17.5 Å². The Hall–Kier alpha value is -2.13. The molecule has 2 N–H and O–H groups in total.